The number of benzene rings is 1. The van der Waals surface area contributed by atoms with Crippen molar-refractivity contribution in [3.63, 3.8) is 0 Å². The Balaban J connectivity index is 2.86. The van der Waals surface area contributed by atoms with Crippen LogP contribution in [0, 0.1) is 13.8 Å². The number of rotatable bonds is 9. The minimum absolute atomic E-state index is 0.152. The molecule has 0 aliphatic carbocycles. The van der Waals surface area contributed by atoms with Gasteiger partial charge < -0.3 is 10.1 Å². The van der Waals surface area contributed by atoms with E-state index in [1.165, 1.54) is 4.31 Å². The van der Waals surface area contributed by atoms with Gasteiger partial charge in [-0.1, -0.05) is 12.1 Å². The molecule has 1 atom stereocenters. The zero-order chi connectivity index (χ0) is 19.2. The van der Waals surface area contributed by atoms with Gasteiger partial charge in [0.1, 0.15) is 6.04 Å². The largest absolute Gasteiger partial charge is 0.379 e. The number of sulfonamides is 1. The van der Waals surface area contributed by atoms with Gasteiger partial charge in [0, 0.05) is 13.2 Å². The predicted octanol–water partition coefficient (Wildman–Crippen LogP) is 2.39. The summed E-state index contributed by atoms with van der Waals surface area (Å²) in [5.41, 5.74) is 2.28. The number of hydrogen-bond donors (Lipinski definition) is 1. The van der Waals surface area contributed by atoms with E-state index >= 15 is 0 Å². The van der Waals surface area contributed by atoms with Gasteiger partial charge in [-0.3, -0.25) is 9.10 Å². The van der Waals surface area contributed by atoms with Gasteiger partial charge in [0.05, 0.1) is 18.0 Å². The minimum atomic E-state index is -3.60. The fraction of sp³-hybridized carbons (Fsp3) is 0.611. The number of carbonyl (C=O) groups is 1. The fourth-order valence-electron chi connectivity index (χ4n) is 2.49. The van der Waals surface area contributed by atoms with Crippen LogP contribution in [0.5, 0.6) is 0 Å². The Morgan fingerprint density at radius 3 is 2.44 bits per heavy atom. The van der Waals surface area contributed by atoms with Crippen LogP contribution in [-0.2, 0) is 19.6 Å². The first-order valence-electron chi connectivity index (χ1n) is 8.50. The van der Waals surface area contributed by atoms with E-state index in [4.69, 9.17) is 4.74 Å². The van der Waals surface area contributed by atoms with E-state index in [0.717, 1.165) is 17.4 Å². The molecule has 0 aromatic heterocycles. The molecule has 0 saturated heterocycles. The molecular formula is C18H30N2O4S. The van der Waals surface area contributed by atoms with Crippen molar-refractivity contribution in [3.05, 3.63) is 29.3 Å². The lowest BCUT2D eigenvalue weighted by Gasteiger charge is -2.29. The number of anilines is 1. The molecule has 0 aliphatic rings. The highest BCUT2D eigenvalue weighted by Crippen LogP contribution is 2.26. The van der Waals surface area contributed by atoms with Gasteiger partial charge in [0.15, 0.2) is 0 Å². The third-order valence-electron chi connectivity index (χ3n) is 3.76. The topological polar surface area (TPSA) is 75.7 Å². The summed E-state index contributed by atoms with van der Waals surface area (Å²) in [6.45, 7) is 10.2. The van der Waals surface area contributed by atoms with Gasteiger partial charge in [-0.05, 0) is 58.2 Å². The van der Waals surface area contributed by atoms with Crippen molar-refractivity contribution in [3.8, 4) is 0 Å². The normalized spacial score (nSPS) is 12.9. The monoisotopic (exact) mass is 370 g/mol. The van der Waals surface area contributed by atoms with E-state index in [-0.39, 0.29) is 12.0 Å². The first-order chi connectivity index (χ1) is 11.5. The van der Waals surface area contributed by atoms with E-state index in [1.807, 2.05) is 39.8 Å². The minimum Gasteiger partial charge on any atom is -0.379 e. The Labute approximate surface area is 151 Å². The predicted molar refractivity (Wildman–Crippen MR) is 101 cm³/mol. The molecule has 0 bridgehead atoms. The number of carbonyl (C=O) groups excluding carboxylic acids is 1. The summed E-state index contributed by atoms with van der Waals surface area (Å²) in [7, 11) is -3.60. The lowest BCUT2D eigenvalue weighted by molar-refractivity contribution is -0.121. The summed E-state index contributed by atoms with van der Waals surface area (Å²) in [5.74, 6) is -0.323. The van der Waals surface area contributed by atoms with Crippen LogP contribution in [-0.4, -0.2) is 45.9 Å². The Morgan fingerprint density at radius 1 is 1.24 bits per heavy atom. The van der Waals surface area contributed by atoms with Crippen LogP contribution in [0.25, 0.3) is 0 Å². The van der Waals surface area contributed by atoms with E-state index < -0.39 is 16.1 Å². The summed E-state index contributed by atoms with van der Waals surface area (Å²) >= 11 is 0. The van der Waals surface area contributed by atoms with Gasteiger partial charge in [-0.15, -0.1) is 0 Å². The maximum Gasteiger partial charge on any atom is 0.243 e. The second-order valence-corrected chi connectivity index (χ2v) is 8.45. The molecule has 1 amide bonds. The molecule has 142 valence electrons. The second-order valence-electron chi connectivity index (χ2n) is 6.59. The first-order valence-corrected chi connectivity index (χ1v) is 10.3. The Morgan fingerprint density at radius 2 is 1.88 bits per heavy atom. The molecule has 0 unspecified atom stereocenters. The van der Waals surface area contributed by atoms with Crippen LogP contribution in [0.4, 0.5) is 5.69 Å². The van der Waals surface area contributed by atoms with Gasteiger partial charge in [0.25, 0.3) is 0 Å². The van der Waals surface area contributed by atoms with Crippen molar-refractivity contribution in [2.45, 2.75) is 53.2 Å². The fourth-order valence-corrected chi connectivity index (χ4v) is 3.71. The number of nitrogens with one attached hydrogen (secondary N) is 1. The second kappa shape index (κ2) is 9.20. The third-order valence-corrected chi connectivity index (χ3v) is 4.99. The first kappa shape index (κ1) is 21.4. The number of ether oxygens (including phenoxy) is 1. The summed E-state index contributed by atoms with van der Waals surface area (Å²) in [5, 5.41) is 2.79. The number of aryl methyl sites for hydroxylation is 2. The molecule has 0 aliphatic heterocycles. The van der Waals surface area contributed by atoms with E-state index in [0.29, 0.717) is 25.3 Å². The van der Waals surface area contributed by atoms with Crippen LogP contribution in [0.15, 0.2) is 18.2 Å². The molecule has 1 aromatic rings. The highest BCUT2D eigenvalue weighted by molar-refractivity contribution is 7.92. The molecule has 0 spiro atoms. The number of amides is 1. The molecule has 0 radical (unpaired) electrons. The average Bonchev–Trinajstić information content (AvgIpc) is 2.48. The Kier molecular flexibility index (Phi) is 7.89. The lowest BCUT2D eigenvalue weighted by atomic mass is 10.1. The summed E-state index contributed by atoms with van der Waals surface area (Å²) in [4.78, 5) is 12.4. The highest BCUT2D eigenvalue weighted by atomic mass is 32.2. The highest BCUT2D eigenvalue weighted by Gasteiger charge is 2.29. The molecule has 0 saturated carbocycles. The quantitative estimate of drug-likeness (QED) is 0.677. The van der Waals surface area contributed by atoms with Gasteiger partial charge in [-0.2, -0.15) is 0 Å². The Bertz CT molecular complexity index is 686. The van der Waals surface area contributed by atoms with Gasteiger partial charge in [-0.25, -0.2) is 8.42 Å². The van der Waals surface area contributed by atoms with Crippen molar-refractivity contribution in [2.75, 3.05) is 23.7 Å². The van der Waals surface area contributed by atoms with Crippen molar-refractivity contribution in [2.24, 2.45) is 0 Å². The van der Waals surface area contributed by atoms with Gasteiger partial charge in [0.2, 0.25) is 15.9 Å². The van der Waals surface area contributed by atoms with Crippen LogP contribution < -0.4 is 9.62 Å². The maximum absolute atomic E-state index is 12.4. The summed E-state index contributed by atoms with van der Waals surface area (Å²) in [6.07, 6.45) is 1.95. The van der Waals surface area contributed by atoms with Crippen molar-refractivity contribution in [1.29, 1.82) is 0 Å². The molecule has 0 fully saturated rings. The SMILES string of the molecule is Cc1ccc(C)c(N([C@H](C)C(=O)NCCCOC(C)C)S(C)(=O)=O)c1. The zero-order valence-corrected chi connectivity index (χ0v) is 16.8. The molecule has 6 nitrogen and oxygen atoms in total. The number of nitrogens with zero attached hydrogens (tertiary/aromatic N) is 1. The maximum atomic E-state index is 12.4. The van der Waals surface area contributed by atoms with Crippen molar-refractivity contribution in [1.82, 2.24) is 5.32 Å². The average molecular weight is 371 g/mol. The van der Waals surface area contributed by atoms with Crippen LogP contribution >= 0.6 is 0 Å². The lowest BCUT2D eigenvalue weighted by Crippen LogP contribution is -2.48. The third kappa shape index (κ3) is 6.66. The Hall–Kier alpha value is -1.60. The molecule has 0 heterocycles. The molecule has 1 N–H and O–H groups in total. The van der Waals surface area contributed by atoms with E-state index in [1.54, 1.807) is 13.0 Å². The molecule has 7 heteroatoms. The number of hydrogen-bond acceptors (Lipinski definition) is 4. The standard InChI is InChI=1S/C18H30N2O4S/c1-13(2)24-11-7-10-19-18(21)16(5)20(25(6,22)23)17-12-14(3)8-9-15(17)4/h8-9,12-13,16H,7,10-11H2,1-6H3,(H,19,21)/t16-/m1/s1. The van der Waals surface area contributed by atoms with Crippen LogP contribution in [0.3, 0.4) is 0 Å². The van der Waals surface area contributed by atoms with Crippen LogP contribution in [0.1, 0.15) is 38.3 Å². The summed E-state index contributed by atoms with van der Waals surface area (Å²) < 4.78 is 31.3. The van der Waals surface area contributed by atoms with Gasteiger partial charge >= 0.3 is 0 Å². The van der Waals surface area contributed by atoms with Crippen molar-refractivity contribution >= 4 is 21.6 Å². The zero-order valence-electron chi connectivity index (χ0n) is 16.0. The molecule has 1 aromatic carbocycles. The molecular weight excluding hydrogens is 340 g/mol. The van der Waals surface area contributed by atoms with Crippen LogP contribution in [0.2, 0.25) is 0 Å². The van der Waals surface area contributed by atoms with Crippen molar-refractivity contribution < 1.29 is 17.9 Å². The molecule has 1 rings (SSSR count). The van der Waals surface area contributed by atoms with E-state index in [2.05, 4.69) is 5.32 Å². The summed E-state index contributed by atoms with van der Waals surface area (Å²) in [6, 6.07) is 4.73. The van der Waals surface area contributed by atoms with E-state index in [9.17, 15) is 13.2 Å². The smallest absolute Gasteiger partial charge is 0.243 e. The molecule has 25 heavy (non-hydrogen) atoms.